The van der Waals surface area contributed by atoms with Gasteiger partial charge in [0.25, 0.3) is 0 Å². The summed E-state index contributed by atoms with van der Waals surface area (Å²) in [5.74, 6) is 1.54. The fourth-order valence-electron chi connectivity index (χ4n) is 1.90. The molecular weight excluding hydrogens is 435 g/mol. The summed E-state index contributed by atoms with van der Waals surface area (Å²) in [5, 5.41) is 6.48. The monoisotopic (exact) mass is 466 g/mol. The molecule has 0 aliphatic rings. The van der Waals surface area contributed by atoms with Crippen molar-refractivity contribution in [2.24, 2.45) is 4.99 Å². The molecule has 1 aromatic heterocycles. The summed E-state index contributed by atoms with van der Waals surface area (Å²) < 4.78 is 10.6. The number of hydrogen-bond donors (Lipinski definition) is 2. The predicted octanol–water partition coefficient (Wildman–Crippen LogP) is 1.88. The number of nitrogens with zero attached hydrogens (tertiary/aromatic N) is 2. The maximum Gasteiger partial charge on any atom is 0.243 e. The van der Waals surface area contributed by atoms with Crippen molar-refractivity contribution in [3.8, 4) is 0 Å². The summed E-state index contributed by atoms with van der Waals surface area (Å²) in [6.07, 6.45) is 4.41. The van der Waals surface area contributed by atoms with E-state index in [1.807, 2.05) is 19.1 Å². The highest BCUT2D eigenvalue weighted by molar-refractivity contribution is 14.0. The number of likely N-dealkylation sites (N-methyl/N-ethyl adjacent to an activating group) is 1. The molecule has 2 N–H and O–H groups in total. The minimum atomic E-state index is -0.0292. The van der Waals surface area contributed by atoms with Gasteiger partial charge in [0.15, 0.2) is 5.96 Å². The SMILES string of the molecule is CCOCCCCNC(=NCC(=O)N(C)C)NCCc1ccco1.I. The van der Waals surface area contributed by atoms with Gasteiger partial charge in [-0.1, -0.05) is 0 Å². The summed E-state index contributed by atoms with van der Waals surface area (Å²) in [5.41, 5.74) is 0. The number of hydrogen-bond acceptors (Lipinski definition) is 4. The van der Waals surface area contributed by atoms with Crippen molar-refractivity contribution < 1.29 is 13.9 Å². The molecule has 1 aromatic rings. The van der Waals surface area contributed by atoms with E-state index in [1.54, 1.807) is 20.4 Å². The Morgan fingerprint density at radius 2 is 2.04 bits per heavy atom. The summed E-state index contributed by atoms with van der Waals surface area (Å²) in [7, 11) is 3.45. The van der Waals surface area contributed by atoms with Crippen molar-refractivity contribution in [3.05, 3.63) is 24.2 Å². The Hall–Kier alpha value is -1.29. The fourth-order valence-corrected chi connectivity index (χ4v) is 1.90. The predicted molar refractivity (Wildman–Crippen MR) is 111 cm³/mol. The number of carbonyl (C=O) groups excluding carboxylic acids is 1. The third-order valence-electron chi connectivity index (χ3n) is 3.33. The van der Waals surface area contributed by atoms with E-state index in [1.165, 1.54) is 4.90 Å². The van der Waals surface area contributed by atoms with E-state index in [-0.39, 0.29) is 36.4 Å². The number of rotatable bonds is 11. The lowest BCUT2D eigenvalue weighted by Crippen LogP contribution is -2.40. The van der Waals surface area contributed by atoms with Crippen LogP contribution in [-0.4, -0.2) is 63.7 Å². The van der Waals surface area contributed by atoms with Gasteiger partial charge in [-0.25, -0.2) is 4.99 Å². The van der Waals surface area contributed by atoms with Crippen molar-refractivity contribution in [1.82, 2.24) is 15.5 Å². The van der Waals surface area contributed by atoms with Crippen LogP contribution in [0.4, 0.5) is 0 Å². The lowest BCUT2D eigenvalue weighted by molar-refractivity contribution is -0.127. The highest BCUT2D eigenvalue weighted by atomic mass is 127. The van der Waals surface area contributed by atoms with Gasteiger partial charge in [-0.05, 0) is 31.9 Å². The Morgan fingerprint density at radius 1 is 1.28 bits per heavy atom. The Morgan fingerprint density at radius 3 is 2.68 bits per heavy atom. The number of unbranched alkanes of at least 4 members (excludes halogenated alkanes) is 1. The van der Waals surface area contributed by atoms with Crippen LogP contribution in [0.1, 0.15) is 25.5 Å². The number of aliphatic imine (C=N–C) groups is 1. The van der Waals surface area contributed by atoms with Gasteiger partial charge in [-0.15, -0.1) is 24.0 Å². The molecule has 144 valence electrons. The summed E-state index contributed by atoms with van der Waals surface area (Å²) in [4.78, 5) is 17.6. The molecule has 8 heteroatoms. The molecule has 0 fully saturated rings. The summed E-state index contributed by atoms with van der Waals surface area (Å²) in [6.45, 7) is 5.12. The molecule has 1 amide bonds. The minimum absolute atomic E-state index is 0. The maximum atomic E-state index is 11.7. The van der Waals surface area contributed by atoms with Crippen LogP contribution in [0.5, 0.6) is 0 Å². The third kappa shape index (κ3) is 11.8. The van der Waals surface area contributed by atoms with Gasteiger partial charge in [0.1, 0.15) is 12.3 Å². The number of guanidine groups is 1. The van der Waals surface area contributed by atoms with E-state index in [0.29, 0.717) is 12.5 Å². The highest BCUT2D eigenvalue weighted by Gasteiger charge is 2.05. The molecule has 0 bridgehead atoms. The molecule has 7 nitrogen and oxygen atoms in total. The lowest BCUT2D eigenvalue weighted by Gasteiger charge is -2.13. The van der Waals surface area contributed by atoms with Gasteiger partial charge in [0.05, 0.1) is 6.26 Å². The van der Waals surface area contributed by atoms with Crippen LogP contribution in [-0.2, 0) is 16.0 Å². The van der Waals surface area contributed by atoms with Gasteiger partial charge in [-0.2, -0.15) is 0 Å². The van der Waals surface area contributed by atoms with Crippen molar-refractivity contribution in [1.29, 1.82) is 0 Å². The van der Waals surface area contributed by atoms with Crippen LogP contribution in [0.15, 0.2) is 27.8 Å². The second-order valence-electron chi connectivity index (χ2n) is 5.54. The molecule has 0 spiro atoms. The topological polar surface area (TPSA) is 79.1 Å². The Labute approximate surface area is 167 Å². The number of nitrogens with one attached hydrogen (secondary N) is 2. The van der Waals surface area contributed by atoms with E-state index >= 15 is 0 Å². The zero-order valence-corrected chi connectivity index (χ0v) is 17.7. The van der Waals surface area contributed by atoms with E-state index in [4.69, 9.17) is 9.15 Å². The molecule has 1 heterocycles. The van der Waals surface area contributed by atoms with E-state index in [9.17, 15) is 4.79 Å². The summed E-state index contributed by atoms with van der Waals surface area (Å²) >= 11 is 0. The average Bonchev–Trinajstić information content (AvgIpc) is 3.08. The average molecular weight is 466 g/mol. The van der Waals surface area contributed by atoms with Crippen molar-refractivity contribution in [2.75, 3.05) is 46.9 Å². The fraction of sp³-hybridized carbons (Fsp3) is 0.647. The normalized spacial score (nSPS) is 10.9. The highest BCUT2D eigenvalue weighted by Crippen LogP contribution is 1.99. The second-order valence-corrected chi connectivity index (χ2v) is 5.54. The van der Waals surface area contributed by atoms with Gasteiger partial charge >= 0.3 is 0 Å². The van der Waals surface area contributed by atoms with Crippen LogP contribution in [0, 0.1) is 0 Å². The summed E-state index contributed by atoms with van der Waals surface area (Å²) in [6, 6.07) is 3.81. The van der Waals surface area contributed by atoms with Gasteiger partial charge < -0.3 is 24.7 Å². The zero-order valence-electron chi connectivity index (χ0n) is 15.4. The molecule has 0 atom stereocenters. The van der Waals surface area contributed by atoms with Crippen molar-refractivity contribution in [2.45, 2.75) is 26.2 Å². The minimum Gasteiger partial charge on any atom is -0.469 e. The molecule has 25 heavy (non-hydrogen) atoms. The van der Waals surface area contributed by atoms with Crippen LogP contribution >= 0.6 is 24.0 Å². The van der Waals surface area contributed by atoms with Gasteiger partial charge in [0.2, 0.25) is 5.91 Å². The smallest absolute Gasteiger partial charge is 0.243 e. The maximum absolute atomic E-state index is 11.7. The first kappa shape index (κ1) is 23.7. The number of halogens is 1. The van der Waals surface area contributed by atoms with Crippen LogP contribution in [0.2, 0.25) is 0 Å². The molecule has 0 saturated carbocycles. The first-order valence-electron chi connectivity index (χ1n) is 8.46. The second kappa shape index (κ2) is 15.0. The van der Waals surface area contributed by atoms with Crippen molar-refractivity contribution in [3.63, 3.8) is 0 Å². The molecule has 0 saturated heterocycles. The first-order chi connectivity index (χ1) is 11.6. The van der Waals surface area contributed by atoms with Gasteiger partial charge in [0, 0.05) is 46.8 Å². The Bertz CT molecular complexity index is 478. The van der Waals surface area contributed by atoms with Crippen LogP contribution < -0.4 is 10.6 Å². The molecule has 0 radical (unpaired) electrons. The number of ether oxygens (including phenoxy) is 1. The third-order valence-corrected chi connectivity index (χ3v) is 3.33. The Kier molecular flexibility index (Phi) is 14.2. The number of amides is 1. The zero-order chi connectivity index (χ0) is 17.6. The van der Waals surface area contributed by atoms with E-state index < -0.39 is 0 Å². The molecule has 0 aliphatic carbocycles. The van der Waals surface area contributed by atoms with Crippen LogP contribution in [0.3, 0.4) is 0 Å². The van der Waals surface area contributed by atoms with Gasteiger partial charge in [-0.3, -0.25) is 4.79 Å². The molecule has 1 rings (SSSR count). The lowest BCUT2D eigenvalue weighted by atomic mass is 10.3. The van der Waals surface area contributed by atoms with Crippen LogP contribution in [0.25, 0.3) is 0 Å². The molecule has 0 aliphatic heterocycles. The first-order valence-corrected chi connectivity index (χ1v) is 8.46. The molecular formula is C17H31IN4O3. The standard InChI is InChI=1S/C17H30N4O3.HI/c1-4-23-12-6-5-10-18-17(20-14-16(22)21(2)3)19-11-9-15-8-7-13-24-15;/h7-8,13H,4-6,9-12,14H2,1-3H3,(H2,18,19,20);1H. The van der Waals surface area contributed by atoms with E-state index in [0.717, 1.165) is 44.8 Å². The van der Waals surface area contributed by atoms with Crippen molar-refractivity contribution >= 4 is 35.8 Å². The molecule has 0 aromatic carbocycles. The Balaban J connectivity index is 0.00000576. The number of furan rings is 1. The van der Waals surface area contributed by atoms with E-state index in [2.05, 4.69) is 15.6 Å². The molecule has 0 unspecified atom stereocenters. The quantitative estimate of drug-likeness (QED) is 0.225. The number of carbonyl (C=O) groups is 1. The largest absolute Gasteiger partial charge is 0.469 e.